The number of nitrogens with two attached hydrogens (primary N) is 1. The number of aromatic nitrogens is 3. The summed E-state index contributed by atoms with van der Waals surface area (Å²) in [6, 6.07) is -4.34. The van der Waals surface area contributed by atoms with Crippen molar-refractivity contribution in [3.8, 4) is 0 Å². The first-order chi connectivity index (χ1) is 16.2. The average molecular weight is 543 g/mol. The second kappa shape index (κ2) is 9.77. The molecule has 2 aliphatic heterocycles. The van der Waals surface area contributed by atoms with Gasteiger partial charge in [0.1, 0.15) is 16.4 Å². The van der Waals surface area contributed by atoms with Gasteiger partial charge in [-0.2, -0.15) is 0 Å². The van der Waals surface area contributed by atoms with E-state index in [1.807, 2.05) is 6.92 Å². The summed E-state index contributed by atoms with van der Waals surface area (Å²) in [5, 5.41) is 33.6. The summed E-state index contributed by atoms with van der Waals surface area (Å²) in [4.78, 5) is 53.1. The molecule has 180 valence electrons. The minimum atomic E-state index is -1.24. The second-order valence-electron chi connectivity index (χ2n) is 7.15. The van der Waals surface area contributed by atoms with Crippen LogP contribution in [0.2, 0.25) is 0 Å². The maximum atomic E-state index is 12.9. The normalized spacial score (nSPS) is 22.3. The summed E-state index contributed by atoms with van der Waals surface area (Å²) in [6.07, 6.45) is 0. The smallest absolute Gasteiger partial charge is 0.330 e. The van der Waals surface area contributed by atoms with E-state index in [9.17, 15) is 24.3 Å². The molecule has 0 spiro atoms. The van der Waals surface area contributed by atoms with Gasteiger partial charge in [-0.15, -0.1) is 33.3 Å². The highest BCUT2D eigenvalue weighted by atomic mass is 32.2. The third-order valence-corrected chi connectivity index (χ3v) is 8.86. The van der Waals surface area contributed by atoms with E-state index in [1.165, 1.54) is 45.1 Å². The average Bonchev–Trinajstić information content (AvgIpc) is 3.40. The highest BCUT2D eigenvalue weighted by Gasteiger charge is 2.56. The molecule has 3 unspecified atom stereocenters. The molecule has 0 bridgehead atoms. The van der Waals surface area contributed by atoms with E-state index < -0.39 is 47.3 Å². The molecular weight excluding hydrogens is 525 g/mol. The van der Waals surface area contributed by atoms with Crippen molar-refractivity contribution in [2.75, 3.05) is 5.75 Å². The van der Waals surface area contributed by atoms with Gasteiger partial charge in [0.2, 0.25) is 11.8 Å². The predicted octanol–water partition coefficient (Wildman–Crippen LogP) is -0.0457. The number of fused-ring (bicyclic) bond motifs is 1. The Kier molecular flexibility index (Phi) is 6.96. The molecule has 1 saturated heterocycles. The SMILES string of the molecule is Cc1nnc(SCC2=CSC3[C@@H](NC(=O)C(NC(N)=O)c4csc(=N)[nH]4)C(=O)N3C2C(=O)O)s1. The molecule has 34 heavy (non-hydrogen) atoms. The number of aliphatic carboxylic acids is 1. The van der Waals surface area contributed by atoms with Crippen molar-refractivity contribution in [1.29, 1.82) is 5.41 Å². The third kappa shape index (κ3) is 4.82. The van der Waals surface area contributed by atoms with Crippen molar-refractivity contribution in [3.05, 3.63) is 31.9 Å². The number of carbonyl (C=O) groups is 4. The fraction of sp³-hybridized carbons (Fsp3) is 0.353. The van der Waals surface area contributed by atoms with Crippen LogP contribution in [0, 0.1) is 12.3 Å². The van der Waals surface area contributed by atoms with E-state index in [2.05, 4.69) is 25.8 Å². The summed E-state index contributed by atoms with van der Waals surface area (Å²) in [6.45, 7) is 1.82. The first-order valence-corrected chi connectivity index (χ1v) is 13.2. The number of H-pyrrole nitrogens is 1. The molecule has 2 aliphatic rings. The molecule has 1 fully saturated rings. The van der Waals surface area contributed by atoms with E-state index in [1.54, 1.807) is 5.41 Å². The third-order valence-electron chi connectivity index (χ3n) is 4.89. The van der Waals surface area contributed by atoms with Gasteiger partial charge < -0.3 is 31.4 Å². The number of carbonyl (C=O) groups excluding carboxylic acids is 3. The maximum absolute atomic E-state index is 12.9. The number of thioether (sulfide) groups is 2. The van der Waals surface area contributed by atoms with Crippen LogP contribution in [0.15, 0.2) is 20.7 Å². The van der Waals surface area contributed by atoms with E-state index in [0.29, 0.717) is 15.7 Å². The van der Waals surface area contributed by atoms with Crippen LogP contribution in [0.25, 0.3) is 0 Å². The highest BCUT2D eigenvalue weighted by molar-refractivity contribution is 8.03. The molecule has 4 rings (SSSR count). The molecule has 13 nitrogen and oxygen atoms in total. The summed E-state index contributed by atoms with van der Waals surface area (Å²) in [7, 11) is 0. The largest absolute Gasteiger partial charge is 0.479 e. The number of thiazole rings is 1. The Balaban J connectivity index is 1.47. The number of aromatic amines is 1. The van der Waals surface area contributed by atoms with Crippen LogP contribution in [0.5, 0.6) is 0 Å². The molecule has 7 N–H and O–H groups in total. The van der Waals surface area contributed by atoms with Gasteiger partial charge in [0.15, 0.2) is 21.2 Å². The minimum Gasteiger partial charge on any atom is -0.479 e. The first kappa shape index (κ1) is 24.2. The number of aryl methyl sites for hydroxylation is 1. The Morgan fingerprint density at radius 3 is 2.76 bits per heavy atom. The standard InChI is InChI=1S/C17H18N8O5S4/c1-5-23-24-17(34-5)33-3-6-2-31-13-9(12(27)25(13)10(6)14(28)29)21-11(26)8(22-15(18)30)7-4-32-16(19)20-7/h2,4,8-10,13H,3H2,1H3,(H2,19,20)(H,21,26)(H,28,29)(H3,18,22,30)/t8?,9-,10?,13?/m0/s1. The van der Waals surface area contributed by atoms with E-state index in [0.717, 1.165) is 16.3 Å². The Morgan fingerprint density at radius 2 is 2.18 bits per heavy atom. The van der Waals surface area contributed by atoms with Crippen molar-refractivity contribution >= 4 is 70.0 Å². The Hall–Kier alpha value is -2.89. The van der Waals surface area contributed by atoms with Gasteiger partial charge in [-0.25, -0.2) is 9.59 Å². The second-order valence-corrected chi connectivity index (χ2v) is 11.4. The number of carboxylic acids is 1. The monoisotopic (exact) mass is 542 g/mol. The number of primary amides is 1. The Labute approximate surface area is 208 Å². The van der Waals surface area contributed by atoms with Gasteiger partial charge in [-0.05, 0) is 17.9 Å². The molecule has 4 heterocycles. The molecule has 17 heteroatoms. The van der Waals surface area contributed by atoms with Gasteiger partial charge in [0.25, 0.3) is 0 Å². The number of β-lactam (4-membered cyclic amide) rings is 1. The molecule has 0 aliphatic carbocycles. The van der Waals surface area contributed by atoms with Gasteiger partial charge in [-0.1, -0.05) is 23.1 Å². The van der Waals surface area contributed by atoms with Crippen LogP contribution in [0.3, 0.4) is 0 Å². The molecule has 4 amide bonds. The van der Waals surface area contributed by atoms with Crippen molar-refractivity contribution in [3.63, 3.8) is 0 Å². The lowest BCUT2D eigenvalue weighted by molar-refractivity contribution is -0.160. The lowest BCUT2D eigenvalue weighted by Gasteiger charge is -2.51. The molecule has 4 atom stereocenters. The summed E-state index contributed by atoms with van der Waals surface area (Å²) in [5.41, 5.74) is 5.95. The first-order valence-electron chi connectivity index (χ1n) is 9.56. The van der Waals surface area contributed by atoms with Crippen molar-refractivity contribution in [1.82, 2.24) is 30.7 Å². The van der Waals surface area contributed by atoms with Crippen LogP contribution < -0.4 is 21.2 Å². The summed E-state index contributed by atoms with van der Waals surface area (Å²) < 4.78 is 0.698. The van der Waals surface area contributed by atoms with Crippen LogP contribution in [-0.2, 0) is 14.4 Å². The number of urea groups is 1. The number of nitrogens with one attached hydrogen (secondary N) is 4. The van der Waals surface area contributed by atoms with Crippen LogP contribution in [0.4, 0.5) is 4.79 Å². The zero-order valence-electron chi connectivity index (χ0n) is 17.3. The molecular formula is C17H18N8O5S4. The molecule has 2 aromatic rings. The lowest BCUT2D eigenvalue weighted by Crippen LogP contribution is -2.74. The number of nitrogens with zero attached hydrogens (tertiary/aromatic N) is 3. The minimum absolute atomic E-state index is 0.0660. The fourth-order valence-electron chi connectivity index (χ4n) is 3.43. The molecule has 2 aromatic heterocycles. The molecule has 0 aromatic carbocycles. The lowest BCUT2D eigenvalue weighted by atomic mass is 9.98. The Bertz CT molecular complexity index is 1240. The van der Waals surface area contributed by atoms with Gasteiger partial charge in [0, 0.05) is 11.1 Å². The predicted molar refractivity (Wildman–Crippen MR) is 125 cm³/mol. The zero-order valence-corrected chi connectivity index (χ0v) is 20.6. The van der Waals surface area contributed by atoms with Crippen LogP contribution in [-0.4, -0.2) is 72.2 Å². The highest BCUT2D eigenvalue weighted by Crippen LogP contribution is 2.41. The molecule has 0 saturated carbocycles. The van der Waals surface area contributed by atoms with Gasteiger partial charge in [-0.3, -0.25) is 15.0 Å². The van der Waals surface area contributed by atoms with Gasteiger partial charge in [0.05, 0.1) is 5.69 Å². The maximum Gasteiger partial charge on any atom is 0.330 e. The van der Waals surface area contributed by atoms with E-state index in [-0.39, 0.29) is 10.5 Å². The summed E-state index contributed by atoms with van der Waals surface area (Å²) in [5.74, 6) is -2.11. The summed E-state index contributed by atoms with van der Waals surface area (Å²) >= 11 is 4.99. The van der Waals surface area contributed by atoms with Crippen LogP contribution >= 0.6 is 46.2 Å². The number of carboxylic acid groups (broad SMARTS) is 1. The molecule has 0 radical (unpaired) electrons. The van der Waals surface area contributed by atoms with Gasteiger partial charge >= 0.3 is 12.0 Å². The Morgan fingerprint density at radius 1 is 1.41 bits per heavy atom. The van der Waals surface area contributed by atoms with E-state index >= 15 is 0 Å². The topological polar surface area (TPSA) is 207 Å². The number of hydrogen-bond acceptors (Lipinski definition) is 11. The number of hydrogen-bond donors (Lipinski definition) is 6. The number of rotatable bonds is 8. The quantitative estimate of drug-likeness (QED) is 0.195. The number of amides is 4. The van der Waals surface area contributed by atoms with Crippen molar-refractivity contribution in [2.45, 2.75) is 34.8 Å². The van der Waals surface area contributed by atoms with E-state index in [4.69, 9.17) is 11.1 Å². The fourth-order valence-corrected chi connectivity index (χ4v) is 7.19. The van der Waals surface area contributed by atoms with Crippen molar-refractivity contribution < 1.29 is 24.3 Å². The van der Waals surface area contributed by atoms with Crippen molar-refractivity contribution in [2.24, 2.45) is 5.73 Å². The zero-order chi connectivity index (χ0) is 24.6. The van der Waals surface area contributed by atoms with Crippen LogP contribution in [0.1, 0.15) is 16.7 Å².